The number of carbonyl (C=O) groups is 1. The van der Waals surface area contributed by atoms with Gasteiger partial charge in [0.25, 0.3) is 0 Å². The zero-order valence-corrected chi connectivity index (χ0v) is 19.2. The molecule has 1 aliphatic rings. The average molecular weight is 437 g/mol. The van der Waals surface area contributed by atoms with Gasteiger partial charge in [0.1, 0.15) is 0 Å². The maximum atomic E-state index is 13.4. The number of aromatic nitrogens is 1. The van der Waals surface area contributed by atoms with Crippen molar-refractivity contribution in [3.63, 3.8) is 0 Å². The van der Waals surface area contributed by atoms with Crippen LogP contribution in [0.15, 0.2) is 16.3 Å². The molecule has 2 aromatic rings. The SMILES string of the molecule is CC(=O)Nc1nc(CN2CCN(S(=O)(=O)c3c(C)c(C)cc(C)c3C)CC2)cs1. The molecule has 0 saturated carbocycles. The first kappa shape index (κ1) is 21.9. The van der Waals surface area contributed by atoms with Crippen molar-refractivity contribution in [1.29, 1.82) is 0 Å². The van der Waals surface area contributed by atoms with Crippen LogP contribution in [0.5, 0.6) is 0 Å². The van der Waals surface area contributed by atoms with Crippen LogP contribution in [0.25, 0.3) is 0 Å². The van der Waals surface area contributed by atoms with Crippen molar-refractivity contribution >= 4 is 32.4 Å². The molecule has 0 unspecified atom stereocenters. The molecule has 2 heterocycles. The normalized spacial score (nSPS) is 16.2. The molecule has 0 spiro atoms. The second-order valence-corrected chi connectivity index (χ2v) is 10.3. The molecule has 1 aliphatic heterocycles. The fraction of sp³-hybridized carbons (Fsp3) is 0.500. The van der Waals surface area contributed by atoms with Crippen molar-refractivity contribution in [2.75, 3.05) is 31.5 Å². The Labute approximate surface area is 176 Å². The number of anilines is 1. The highest BCUT2D eigenvalue weighted by Crippen LogP contribution is 2.29. The third-order valence-corrected chi connectivity index (χ3v) is 8.43. The van der Waals surface area contributed by atoms with Crippen LogP contribution in [0.4, 0.5) is 5.13 Å². The summed E-state index contributed by atoms with van der Waals surface area (Å²) in [7, 11) is -3.53. The molecule has 1 fully saturated rings. The van der Waals surface area contributed by atoms with E-state index in [1.165, 1.54) is 18.3 Å². The predicted molar refractivity (Wildman–Crippen MR) is 116 cm³/mol. The first-order valence-electron chi connectivity index (χ1n) is 9.61. The summed E-state index contributed by atoms with van der Waals surface area (Å²) in [6, 6.07) is 2.05. The maximum absolute atomic E-state index is 13.4. The number of carbonyl (C=O) groups excluding carboxylic acids is 1. The monoisotopic (exact) mass is 436 g/mol. The van der Waals surface area contributed by atoms with E-state index >= 15 is 0 Å². The summed E-state index contributed by atoms with van der Waals surface area (Å²) in [5.74, 6) is -0.137. The summed E-state index contributed by atoms with van der Waals surface area (Å²) in [5, 5.41) is 5.21. The van der Waals surface area contributed by atoms with E-state index in [4.69, 9.17) is 0 Å². The summed E-state index contributed by atoms with van der Waals surface area (Å²) in [5.41, 5.74) is 4.57. The molecule has 0 atom stereocenters. The summed E-state index contributed by atoms with van der Waals surface area (Å²) in [6.45, 7) is 12.0. The lowest BCUT2D eigenvalue weighted by molar-refractivity contribution is -0.114. The highest BCUT2D eigenvalue weighted by molar-refractivity contribution is 7.89. The van der Waals surface area contributed by atoms with Crippen LogP contribution >= 0.6 is 11.3 Å². The third kappa shape index (κ3) is 4.69. The van der Waals surface area contributed by atoms with E-state index in [2.05, 4.69) is 15.2 Å². The maximum Gasteiger partial charge on any atom is 0.243 e. The van der Waals surface area contributed by atoms with E-state index in [0.717, 1.165) is 27.9 Å². The average Bonchev–Trinajstić information content (AvgIpc) is 3.06. The number of hydrogen-bond acceptors (Lipinski definition) is 6. The van der Waals surface area contributed by atoms with Gasteiger partial charge in [-0.3, -0.25) is 9.69 Å². The van der Waals surface area contributed by atoms with Gasteiger partial charge in [0.15, 0.2) is 5.13 Å². The van der Waals surface area contributed by atoms with Crippen LogP contribution < -0.4 is 5.32 Å². The lowest BCUT2D eigenvalue weighted by Crippen LogP contribution is -2.48. The van der Waals surface area contributed by atoms with Gasteiger partial charge < -0.3 is 5.32 Å². The predicted octanol–water partition coefficient (Wildman–Crippen LogP) is 2.84. The number of aryl methyl sites for hydroxylation is 2. The number of benzene rings is 1. The zero-order chi connectivity index (χ0) is 21.3. The van der Waals surface area contributed by atoms with Gasteiger partial charge in [-0.25, -0.2) is 13.4 Å². The molecule has 3 rings (SSSR count). The third-order valence-electron chi connectivity index (χ3n) is 5.45. The summed E-state index contributed by atoms with van der Waals surface area (Å²) in [6.07, 6.45) is 0. The van der Waals surface area contributed by atoms with Gasteiger partial charge in [0.05, 0.1) is 10.6 Å². The quantitative estimate of drug-likeness (QED) is 0.779. The fourth-order valence-corrected chi connectivity index (χ4v) is 6.39. The van der Waals surface area contributed by atoms with Gasteiger partial charge in [-0.15, -0.1) is 11.3 Å². The van der Waals surface area contributed by atoms with E-state index in [1.54, 1.807) is 4.31 Å². The van der Waals surface area contributed by atoms with Crippen LogP contribution in [0.3, 0.4) is 0 Å². The largest absolute Gasteiger partial charge is 0.302 e. The Morgan fingerprint density at radius 3 is 2.24 bits per heavy atom. The fourth-order valence-electron chi connectivity index (χ4n) is 3.64. The van der Waals surface area contributed by atoms with E-state index in [1.807, 2.05) is 39.1 Å². The van der Waals surface area contributed by atoms with Gasteiger partial charge in [-0.2, -0.15) is 4.31 Å². The van der Waals surface area contributed by atoms with Crippen molar-refractivity contribution < 1.29 is 13.2 Å². The molecule has 0 radical (unpaired) electrons. The minimum atomic E-state index is -3.53. The van der Waals surface area contributed by atoms with E-state index in [-0.39, 0.29) is 5.91 Å². The molecule has 158 valence electrons. The molecule has 29 heavy (non-hydrogen) atoms. The number of nitrogens with one attached hydrogen (secondary N) is 1. The van der Waals surface area contributed by atoms with Crippen molar-refractivity contribution in [1.82, 2.24) is 14.2 Å². The molecule has 1 N–H and O–H groups in total. The summed E-state index contributed by atoms with van der Waals surface area (Å²) < 4.78 is 28.3. The van der Waals surface area contributed by atoms with E-state index in [0.29, 0.717) is 42.8 Å². The van der Waals surface area contributed by atoms with Crippen molar-refractivity contribution in [2.24, 2.45) is 0 Å². The zero-order valence-electron chi connectivity index (χ0n) is 17.6. The molecule has 1 saturated heterocycles. The number of thiazole rings is 1. The smallest absolute Gasteiger partial charge is 0.243 e. The first-order valence-corrected chi connectivity index (χ1v) is 11.9. The molecule has 0 bridgehead atoms. The second kappa shape index (κ2) is 8.51. The van der Waals surface area contributed by atoms with Gasteiger partial charge in [0, 0.05) is 45.0 Å². The molecular weight excluding hydrogens is 408 g/mol. The number of piperazine rings is 1. The minimum absolute atomic E-state index is 0.137. The molecule has 9 heteroatoms. The van der Waals surface area contributed by atoms with Crippen molar-refractivity contribution in [3.05, 3.63) is 39.4 Å². The van der Waals surface area contributed by atoms with E-state index < -0.39 is 10.0 Å². The lowest BCUT2D eigenvalue weighted by Gasteiger charge is -2.34. The van der Waals surface area contributed by atoms with Crippen LogP contribution in [0, 0.1) is 27.7 Å². The second-order valence-electron chi connectivity index (χ2n) is 7.59. The van der Waals surface area contributed by atoms with Crippen LogP contribution in [0.2, 0.25) is 0 Å². The number of hydrogen-bond donors (Lipinski definition) is 1. The van der Waals surface area contributed by atoms with Crippen LogP contribution in [-0.4, -0.2) is 54.7 Å². The molecule has 1 amide bonds. The Kier molecular flexibility index (Phi) is 6.42. The molecular formula is C20H28N4O3S2. The van der Waals surface area contributed by atoms with Crippen molar-refractivity contribution in [2.45, 2.75) is 46.1 Å². The first-order chi connectivity index (χ1) is 13.6. The molecule has 0 aliphatic carbocycles. The number of nitrogens with zero attached hydrogens (tertiary/aromatic N) is 3. The van der Waals surface area contributed by atoms with Gasteiger partial charge in [0.2, 0.25) is 15.9 Å². The number of rotatable bonds is 5. The standard InChI is InChI=1S/C20H28N4O3S2/c1-13-10-14(2)16(4)19(15(13)3)29(26,27)24-8-6-23(7-9-24)11-18-12-28-20(22-18)21-17(5)25/h10,12H,6-9,11H2,1-5H3,(H,21,22,25). The lowest BCUT2D eigenvalue weighted by atomic mass is 10.0. The summed E-state index contributed by atoms with van der Waals surface area (Å²) >= 11 is 1.40. The molecule has 7 nitrogen and oxygen atoms in total. The Hall–Kier alpha value is -1.81. The van der Waals surface area contributed by atoms with Gasteiger partial charge in [-0.1, -0.05) is 6.07 Å². The molecule has 1 aromatic carbocycles. The van der Waals surface area contributed by atoms with Crippen molar-refractivity contribution in [3.8, 4) is 0 Å². The van der Waals surface area contributed by atoms with Crippen LogP contribution in [0.1, 0.15) is 34.9 Å². The van der Waals surface area contributed by atoms with Crippen LogP contribution in [-0.2, 0) is 21.4 Å². The Morgan fingerprint density at radius 2 is 1.69 bits per heavy atom. The Balaban J connectivity index is 1.69. The van der Waals surface area contributed by atoms with Gasteiger partial charge in [-0.05, 0) is 49.9 Å². The number of sulfonamides is 1. The minimum Gasteiger partial charge on any atom is -0.302 e. The molecule has 1 aromatic heterocycles. The topological polar surface area (TPSA) is 82.6 Å². The van der Waals surface area contributed by atoms with E-state index in [9.17, 15) is 13.2 Å². The Bertz CT molecular complexity index is 996. The number of amides is 1. The van der Waals surface area contributed by atoms with Gasteiger partial charge >= 0.3 is 0 Å². The summed E-state index contributed by atoms with van der Waals surface area (Å²) in [4.78, 5) is 18.2. The highest BCUT2D eigenvalue weighted by atomic mass is 32.2. The Morgan fingerprint density at radius 1 is 1.10 bits per heavy atom. The highest BCUT2D eigenvalue weighted by Gasteiger charge is 2.31.